The SMILES string of the molecule is COc1cnc(C(C)C(C)S(N)(=O)=O)nc1. The second-order valence-corrected chi connectivity index (χ2v) is 5.49. The van der Waals surface area contributed by atoms with E-state index < -0.39 is 15.3 Å². The van der Waals surface area contributed by atoms with Crippen LogP contribution in [-0.2, 0) is 10.0 Å². The highest BCUT2D eigenvalue weighted by Gasteiger charge is 2.26. The minimum Gasteiger partial charge on any atom is -0.494 e. The van der Waals surface area contributed by atoms with Gasteiger partial charge in [0.2, 0.25) is 10.0 Å². The fourth-order valence-corrected chi connectivity index (χ4v) is 1.85. The van der Waals surface area contributed by atoms with Crippen molar-refractivity contribution in [2.45, 2.75) is 25.0 Å². The maximum atomic E-state index is 11.2. The Kier molecular flexibility index (Phi) is 3.82. The lowest BCUT2D eigenvalue weighted by Crippen LogP contribution is -2.31. The first-order valence-corrected chi connectivity index (χ1v) is 6.34. The summed E-state index contributed by atoms with van der Waals surface area (Å²) in [5, 5.41) is 4.34. The molecule has 0 saturated carbocycles. The third-order valence-corrected chi connectivity index (χ3v) is 3.96. The van der Waals surface area contributed by atoms with E-state index in [1.165, 1.54) is 26.4 Å². The summed E-state index contributed by atoms with van der Waals surface area (Å²) in [6, 6.07) is 0. The van der Waals surface area contributed by atoms with Gasteiger partial charge in [-0.3, -0.25) is 0 Å². The normalized spacial score (nSPS) is 15.5. The van der Waals surface area contributed by atoms with E-state index >= 15 is 0 Å². The Morgan fingerprint density at radius 2 is 1.81 bits per heavy atom. The van der Waals surface area contributed by atoms with E-state index in [-0.39, 0.29) is 5.92 Å². The highest BCUT2D eigenvalue weighted by molar-refractivity contribution is 7.89. The van der Waals surface area contributed by atoms with Crippen molar-refractivity contribution in [3.05, 3.63) is 18.2 Å². The van der Waals surface area contributed by atoms with Crippen molar-refractivity contribution in [1.82, 2.24) is 9.97 Å². The first-order chi connectivity index (χ1) is 7.36. The Labute approximate surface area is 94.9 Å². The van der Waals surface area contributed by atoms with Crippen molar-refractivity contribution < 1.29 is 13.2 Å². The van der Waals surface area contributed by atoms with Gasteiger partial charge in [0.05, 0.1) is 24.8 Å². The van der Waals surface area contributed by atoms with Gasteiger partial charge in [-0.15, -0.1) is 0 Å². The first-order valence-electron chi connectivity index (χ1n) is 4.73. The van der Waals surface area contributed by atoms with Crippen LogP contribution in [0.2, 0.25) is 0 Å². The Balaban J connectivity index is 2.92. The lowest BCUT2D eigenvalue weighted by atomic mass is 10.1. The van der Waals surface area contributed by atoms with Crippen LogP contribution in [0, 0.1) is 0 Å². The molecule has 1 heterocycles. The Morgan fingerprint density at radius 3 is 2.19 bits per heavy atom. The zero-order chi connectivity index (χ0) is 12.3. The van der Waals surface area contributed by atoms with E-state index in [4.69, 9.17) is 9.88 Å². The fourth-order valence-electron chi connectivity index (χ4n) is 1.16. The predicted octanol–water partition coefficient (Wildman–Crippen LogP) is 0.266. The molecule has 1 aromatic heterocycles. The largest absolute Gasteiger partial charge is 0.494 e. The van der Waals surface area contributed by atoms with Crippen molar-refractivity contribution in [3.8, 4) is 5.75 Å². The highest BCUT2D eigenvalue weighted by Crippen LogP contribution is 2.20. The van der Waals surface area contributed by atoms with Crippen LogP contribution in [0.1, 0.15) is 25.6 Å². The summed E-state index contributed by atoms with van der Waals surface area (Å²) in [4.78, 5) is 8.06. The van der Waals surface area contributed by atoms with Gasteiger partial charge < -0.3 is 4.74 Å². The molecular weight excluding hydrogens is 230 g/mol. The molecule has 0 aliphatic heterocycles. The first kappa shape index (κ1) is 12.9. The topological polar surface area (TPSA) is 95.2 Å². The Bertz CT molecular complexity index is 444. The third-order valence-electron chi connectivity index (χ3n) is 2.51. The number of hydrogen-bond acceptors (Lipinski definition) is 5. The van der Waals surface area contributed by atoms with Crippen molar-refractivity contribution in [1.29, 1.82) is 0 Å². The molecule has 2 N–H and O–H groups in total. The van der Waals surface area contributed by atoms with Crippen LogP contribution in [0.25, 0.3) is 0 Å². The molecule has 7 heteroatoms. The third kappa shape index (κ3) is 2.89. The molecule has 2 unspecified atom stereocenters. The van der Waals surface area contributed by atoms with E-state index in [0.717, 1.165) is 0 Å². The number of ether oxygens (including phenoxy) is 1. The molecule has 16 heavy (non-hydrogen) atoms. The van der Waals surface area contributed by atoms with Gasteiger partial charge in [0.15, 0.2) is 5.75 Å². The number of rotatable bonds is 4. The number of aromatic nitrogens is 2. The van der Waals surface area contributed by atoms with E-state index in [0.29, 0.717) is 11.6 Å². The van der Waals surface area contributed by atoms with Crippen LogP contribution >= 0.6 is 0 Å². The van der Waals surface area contributed by atoms with Crippen molar-refractivity contribution in [2.24, 2.45) is 5.14 Å². The van der Waals surface area contributed by atoms with Gasteiger partial charge in [0, 0.05) is 5.92 Å². The van der Waals surface area contributed by atoms with Gasteiger partial charge in [-0.1, -0.05) is 6.92 Å². The number of nitrogens with zero attached hydrogens (tertiary/aromatic N) is 2. The van der Waals surface area contributed by atoms with Crippen molar-refractivity contribution >= 4 is 10.0 Å². The van der Waals surface area contributed by atoms with Gasteiger partial charge in [-0.2, -0.15) is 0 Å². The summed E-state index contributed by atoms with van der Waals surface area (Å²) in [5.41, 5.74) is 0. The quantitative estimate of drug-likeness (QED) is 0.821. The molecule has 0 bridgehead atoms. The van der Waals surface area contributed by atoms with Crippen LogP contribution in [-0.4, -0.2) is 30.7 Å². The van der Waals surface area contributed by atoms with Gasteiger partial charge in [-0.25, -0.2) is 23.5 Å². The minimum absolute atomic E-state index is 0.360. The molecule has 0 fully saturated rings. The molecule has 0 aromatic carbocycles. The summed E-state index contributed by atoms with van der Waals surface area (Å²) in [7, 11) is -2.07. The number of methoxy groups -OCH3 is 1. The summed E-state index contributed by atoms with van der Waals surface area (Å²) >= 11 is 0. The molecule has 0 aliphatic carbocycles. The minimum atomic E-state index is -3.58. The lowest BCUT2D eigenvalue weighted by molar-refractivity contribution is 0.409. The summed E-state index contributed by atoms with van der Waals surface area (Å²) in [6.07, 6.45) is 2.99. The lowest BCUT2D eigenvalue weighted by Gasteiger charge is -2.16. The van der Waals surface area contributed by atoms with Gasteiger partial charge in [0.25, 0.3) is 0 Å². The zero-order valence-corrected chi connectivity index (χ0v) is 10.2. The molecule has 0 spiro atoms. The number of primary sulfonamides is 1. The molecule has 0 saturated heterocycles. The number of sulfonamides is 1. The monoisotopic (exact) mass is 245 g/mol. The van der Waals surface area contributed by atoms with Crippen LogP contribution < -0.4 is 9.88 Å². The smallest absolute Gasteiger partial charge is 0.212 e. The van der Waals surface area contributed by atoms with E-state index in [9.17, 15) is 8.42 Å². The molecule has 1 rings (SSSR count). The zero-order valence-electron chi connectivity index (χ0n) is 9.41. The maximum Gasteiger partial charge on any atom is 0.212 e. The summed E-state index contributed by atoms with van der Waals surface area (Å²) in [5.74, 6) is 0.599. The maximum absolute atomic E-state index is 11.2. The molecule has 1 aromatic rings. The molecule has 90 valence electrons. The van der Waals surface area contributed by atoms with Crippen molar-refractivity contribution in [3.63, 3.8) is 0 Å². The fraction of sp³-hybridized carbons (Fsp3) is 0.556. The second kappa shape index (κ2) is 4.75. The highest BCUT2D eigenvalue weighted by atomic mass is 32.2. The van der Waals surface area contributed by atoms with Crippen LogP contribution in [0.3, 0.4) is 0 Å². The predicted molar refractivity (Wildman–Crippen MR) is 59.6 cm³/mol. The number of nitrogens with two attached hydrogens (primary N) is 1. The molecule has 2 atom stereocenters. The molecule has 0 aliphatic rings. The average Bonchev–Trinajstić information content (AvgIpc) is 2.26. The van der Waals surface area contributed by atoms with E-state index in [2.05, 4.69) is 9.97 Å². The van der Waals surface area contributed by atoms with Gasteiger partial charge in [-0.05, 0) is 6.92 Å². The second-order valence-electron chi connectivity index (χ2n) is 3.56. The van der Waals surface area contributed by atoms with Crippen molar-refractivity contribution in [2.75, 3.05) is 7.11 Å². The standard InChI is InChI=1S/C9H15N3O3S/c1-6(7(2)16(10,13)14)9-11-4-8(15-3)5-12-9/h4-7H,1-3H3,(H2,10,13,14). The van der Waals surface area contributed by atoms with Gasteiger partial charge in [0.1, 0.15) is 5.82 Å². The number of hydrogen-bond donors (Lipinski definition) is 1. The van der Waals surface area contributed by atoms with E-state index in [1.807, 2.05) is 0 Å². The van der Waals surface area contributed by atoms with Crippen LogP contribution in [0.5, 0.6) is 5.75 Å². The molecule has 0 amide bonds. The van der Waals surface area contributed by atoms with Crippen LogP contribution in [0.4, 0.5) is 0 Å². The molecule has 0 radical (unpaired) electrons. The summed E-state index contributed by atoms with van der Waals surface area (Å²) in [6.45, 7) is 3.25. The Hall–Kier alpha value is -1.21. The Morgan fingerprint density at radius 1 is 1.31 bits per heavy atom. The van der Waals surface area contributed by atoms with Crippen LogP contribution in [0.15, 0.2) is 12.4 Å². The van der Waals surface area contributed by atoms with E-state index in [1.54, 1.807) is 6.92 Å². The average molecular weight is 245 g/mol. The van der Waals surface area contributed by atoms with Gasteiger partial charge >= 0.3 is 0 Å². The summed E-state index contributed by atoms with van der Waals surface area (Å²) < 4.78 is 27.2. The molecule has 6 nitrogen and oxygen atoms in total. The molecular formula is C9H15N3O3S.